The molecule has 1 amide bonds. The van der Waals surface area contributed by atoms with Crippen molar-refractivity contribution in [3.8, 4) is 16.6 Å². The molecule has 0 fully saturated rings. The van der Waals surface area contributed by atoms with Crippen LogP contribution >= 0.6 is 34.7 Å². The van der Waals surface area contributed by atoms with Gasteiger partial charge in [-0.05, 0) is 30.3 Å². The lowest BCUT2D eigenvalue weighted by molar-refractivity contribution is -0.112. The third kappa shape index (κ3) is 5.24. The number of furan rings is 2. The predicted molar refractivity (Wildman–Crippen MR) is 120 cm³/mol. The van der Waals surface area contributed by atoms with Crippen LogP contribution in [0.2, 0.25) is 5.02 Å². The van der Waals surface area contributed by atoms with E-state index in [9.17, 15) is 10.1 Å². The van der Waals surface area contributed by atoms with E-state index in [1.54, 1.807) is 24.5 Å². The molecule has 3 aromatic heterocycles. The molecule has 0 aliphatic heterocycles. The molecule has 1 aromatic carbocycles. The van der Waals surface area contributed by atoms with Crippen molar-refractivity contribution in [3.63, 3.8) is 0 Å². The van der Waals surface area contributed by atoms with Crippen molar-refractivity contribution in [2.45, 2.75) is 10.8 Å². The van der Waals surface area contributed by atoms with E-state index >= 15 is 0 Å². The second kappa shape index (κ2) is 9.66. The Hall–Kier alpha value is -3.32. The second-order valence-corrected chi connectivity index (χ2v) is 8.41. The maximum absolute atomic E-state index is 12.5. The summed E-state index contributed by atoms with van der Waals surface area (Å²) in [4.78, 5) is 12.5. The Labute approximate surface area is 190 Å². The fraction of sp³-hybridized carbons (Fsp3) is 0.0476. The summed E-state index contributed by atoms with van der Waals surface area (Å²) in [7, 11) is 0. The lowest BCUT2D eigenvalue weighted by Gasteiger charge is -1.99. The molecule has 0 atom stereocenters. The Balaban J connectivity index is 1.42. The van der Waals surface area contributed by atoms with Crippen LogP contribution in [0.15, 0.2) is 74.3 Å². The normalized spacial score (nSPS) is 11.3. The van der Waals surface area contributed by atoms with Gasteiger partial charge in [0.2, 0.25) is 5.13 Å². The van der Waals surface area contributed by atoms with Crippen LogP contribution in [-0.2, 0) is 10.5 Å². The van der Waals surface area contributed by atoms with Crippen LogP contribution in [0, 0.1) is 11.3 Å². The lowest BCUT2D eigenvalue weighted by Crippen LogP contribution is -2.13. The highest BCUT2D eigenvalue weighted by atomic mass is 35.5. The van der Waals surface area contributed by atoms with Crippen LogP contribution < -0.4 is 5.32 Å². The van der Waals surface area contributed by atoms with Crippen LogP contribution in [0.4, 0.5) is 5.13 Å². The summed E-state index contributed by atoms with van der Waals surface area (Å²) in [5.41, 5.74) is 0.597. The number of benzene rings is 1. The summed E-state index contributed by atoms with van der Waals surface area (Å²) >= 11 is 8.78. The van der Waals surface area contributed by atoms with Crippen LogP contribution in [0.25, 0.3) is 16.6 Å². The van der Waals surface area contributed by atoms with E-state index in [0.717, 1.165) is 17.1 Å². The molecule has 3 heterocycles. The number of thioether (sulfide) groups is 1. The molecule has 0 aliphatic rings. The lowest BCUT2D eigenvalue weighted by atomic mass is 10.2. The van der Waals surface area contributed by atoms with Crippen LogP contribution in [0.3, 0.4) is 0 Å². The summed E-state index contributed by atoms with van der Waals surface area (Å²) in [5.74, 6) is 1.22. The molecule has 7 nitrogen and oxygen atoms in total. The van der Waals surface area contributed by atoms with Crippen molar-refractivity contribution in [3.05, 3.63) is 76.9 Å². The summed E-state index contributed by atoms with van der Waals surface area (Å²) in [6, 6.07) is 16.2. The first-order valence-corrected chi connectivity index (χ1v) is 11.1. The summed E-state index contributed by atoms with van der Waals surface area (Å²) in [6.07, 6.45) is 2.99. The standard InChI is InChI=1S/C21H13ClN4O3S2/c22-17-6-2-1-5-16(17)20-25-26-21(31-20)24-19(27)13(11-23)10-14-7-8-18(29-14)30-12-15-4-3-9-28-15/h1-10H,12H2,(H,24,26,27)/b13-10-. The van der Waals surface area contributed by atoms with E-state index in [1.807, 2.05) is 36.4 Å². The molecule has 0 bridgehead atoms. The molecule has 0 unspecified atom stereocenters. The number of hydrogen-bond acceptors (Lipinski definition) is 8. The van der Waals surface area contributed by atoms with Gasteiger partial charge in [0, 0.05) is 11.6 Å². The second-order valence-electron chi connectivity index (χ2n) is 6.04. The van der Waals surface area contributed by atoms with Crippen molar-refractivity contribution < 1.29 is 13.6 Å². The van der Waals surface area contributed by atoms with Crippen LogP contribution in [0.5, 0.6) is 0 Å². The van der Waals surface area contributed by atoms with Gasteiger partial charge in [0.15, 0.2) is 10.1 Å². The molecule has 4 rings (SSSR count). The molecule has 0 spiro atoms. The predicted octanol–water partition coefficient (Wildman–Crippen LogP) is 5.88. The Kier molecular flexibility index (Phi) is 6.52. The largest absolute Gasteiger partial charge is 0.468 e. The molecule has 0 saturated heterocycles. The molecular weight excluding hydrogens is 456 g/mol. The third-order valence-corrected chi connectivity index (χ3v) is 6.07. The van der Waals surface area contributed by atoms with Gasteiger partial charge < -0.3 is 8.83 Å². The van der Waals surface area contributed by atoms with E-state index < -0.39 is 5.91 Å². The molecule has 0 aliphatic carbocycles. The topological polar surface area (TPSA) is 105 Å². The average molecular weight is 469 g/mol. The van der Waals surface area contributed by atoms with Gasteiger partial charge in [-0.1, -0.05) is 52.9 Å². The smallest absolute Gasteiger partial charge is 0.268 e. The first kappa shape index (κ1) is 20.9. The number of hydrogen-bond donors (Lipinski definition) is 1. The maximum Gasteiger partial charge on any atom is 0.268 e. The molecule has 154 valence electrons. The van der Waals surface area contributed by atoms with Gasteiger partial charge in [0.25, 0.3) is 5.91 Å². The minimum atomic E-state index is -0.606. The minimum Gasteiger partial charge on any atom is -0.468 e. The molecule has 1 N–H and O–H groups in total. The third-order valence-electron chi connectivity index (χ3n) is 3.94. The SMILES string of the molecule is N#C/C(=C/c1ccc(SCc2ccco2)o1)C(=O)Nc1nnc(-c2ccccc2Cl)s1. The molecule has 4 aromatic rings. The molecule has 0 saturated carbocycles. The number of nitriles is 1. The van der Waals surface area contributed by atoms with E-state index in [4.69, 9.17) is 20.4 Å². The van der Waals surface area contributed by atoms with Crippen LogP contribution in [-0.4, -0.2) is 16.1 Å². The van der Waals surface area contributed by atoms with Gasteiger partial charge >= 0.3 is 0 Å². The van der Waals surface area contributed by atoms with Crippen molar-refractivity contribution >= 4 is 51.8 Å². The zero-order valence-electron chi connectivity index (χ0n) is 15.7. The summed E-state index contributed by atoms with van der Waals surface area (Å²) in [5, 5.41) is 22.0. The van der Waals surface area contributed by atoms with Crippen molar-refractivity contribution in [1.82, 2.24) is 10.2 Å². The van der Waals surface area contributed by atoms with Gasteiger partial charge in [0.05, 0.1) is 17.0 Å². The number of anilines is 1. The van der Waals surface area contributed by atoms with E-state index in [-0.39, 0.29) is 10.7 Å². The monoisotopic (exact) mass is 468 g/mol. The fourth-order valence-corrected chi connectivity index (χ4v) is 4.33. The molecule has 0 radical (unpaired) electrons. The van der Waals surface area contributed by atoms with Gasteiger partial charge in [0.1, 0.15) is 23.2 Å². The van der Waals surface area contributed by atoms with Crippen LogP contribution in [0.1, 0.15) is 11.5 Å². The zero-order chi connectivity index (χ0) is 21.6. The highest BCUT2D eigenvalue weighted by Gasteiger charge is 2.15. The van der Waals surface area contributed by atoms with Gasteiger partial charge in [-0.3, -0.25) is 10.1 Å². The summed E-state index contributed by atoms with van der Waals surface area (Å²) < 4.78 is 10.9. The number of amides is 1. The Morgan fingerprint density at radius 2 is 2.10 bits per heavy atom. The Morgan fingerprint density at radius 3 is 2.87 bits per heavy atom. The molecule has 10 heteroatoms. The average Bonchev–Trinajstić information content (AvgIpc) is 3.53. The van der Waals surface area contributed by atoms with Gasteiger partial charge in [-0.15, -0.1) is 10.2 Å². The van der Waals surface area contributed by atoms with Crippen molar-refractivity contribution in [2.24, 2.45) is 0 Å². The van der Waals surface area contributed by atoms with Crippen molar-refractivity contribution in [1.29, 1.82) is 5.26 Å². The highest BCUT2D eigenvalue weighted by molar-refractivity contribution is 7.98. The van der Waals surface area contributed by atoms with E-state index in [2.05, 4.69) is 15.5 Å². The number of nitrogens with zero attached hydrogens (tertiary/aromatic N) is 3. The maximum atomic E-state index is 12.5. The van der Waals surface area contributed by atoms with Crippen molar-refractivity contribution in [2.75, 3.05) is 5.32 Å². The number of carbonyl (C=O) groups is 1. The Bertz CT molecular complexity index is 1270. The number of nitrogens with one attached hydrogen (secondary N) is 1. The van der Waals surface area contributed by atoms with Gasteiger partial charge in [-0.2, -0.15) is 5.26 Å². The van der Waals surface area contributed by atoms with E-state index in [0.29, 0.717) is 32.2 Å². The van der Waals surface area contributed by atoms with E-state index in [1.165, 1.54) is 17.8 Å². The number of halogens is 1. The molecule has 31 heavy (non-hydrogen) atoms. The fourth-order valence-electron chi connectivity index (χ4n) is 2.50. The van der Waals surface area contributed by atoms with Gasteiger partial charge in [-0.25, -0.2) is 0 Å². The number of rotatable bonds is 7. The first-order valence-electron chi connectivity index (χ1n) is 8.89. The minimum absolute atomic E-state index is 0.119. The molecular formula is C21H13ClN4O3S2. The zero-order valence-corrected chi connectivity index (χ0v) is 18.1. The Morgan fingerprint density at radius 1 is 1.23 bits per heavy atom. The number of carbonyl (C=O) groups excluding carboxylic acids is 1. The quantitative estimate of drug-likeness (QED) is 0.205. The first-order chi connectivity index (χ1) is 15.1. The highest BCUT2D eigenvalue weighted by Crippen LogP contribution is 2.32. The summed E-state index contributed by atoms with van der Waals surface area (Å²) in [6.45, 7) is 0. The number of aromatic nitrogens is 2.